The number of benzene rings is 1. The molecule has 2 atom stereocenters. The monoisotopic (exact) mass is 354 g/mol. The van der Waals surface area contributed by atoms with Crippen molar-refractivity contribution in [2.75, 3.05) is 25.1 Å². The third-order valence-electron chi connectivity index (χ3n) is 5.52. The number of rotatable bonds is 4. The SMILES string of the molecule is COc1ccc2c(c1)C[C@H](N[C@@H]1CCCN(c3ncc[nH]c3=O)C1)CC2. The number of anilines is 1. The highest BCUT2D eigenvalue weighted by Gasteiger charge is 2.26. The first-order chi connectivity index (χ1) is 12.7. The van der Waals surface area contributed by atoms with Crippen LogP contribution in [0.4, 0.5) is 5.82 Å². The molecule has 1 aliphatic carbocycles. The molecule has 138 valence electrons. The van der Waals surface area contributed by atoms with E-state index in [1.54, 1.807) is 19.5 Å². The molecule has 0 spiro atoms. The van der Waals surface area contributed by atoms with Gasteiger partial charge < -0.3 is 19.9 Å². The summed E-state index contributed by atoms with van der Waals surface area (Å²) in [6.07, 6.45) is 8.74. The number of methoxy groups -OCH3 is 1. The predicted molar refractivity (Wildman–Crippen MR) is 102 cm³/mol. The molecule has 0 saturated carbocycles. The van der Waals surface area contributed by atoms with Gasteiger partial charge in [0.1, 0.15) is 5.75 Å². The van der Waals surface area contributed by atoms with Crippen molar-refractivity contribution in [1.29, 1.82) is 0 Å². The van der Waals surface area contributed by atoms with Gasteiger partial charge in [-0.05, 0) is 55.4 Å². The normalized spacial score (nSPS) is 22.7. The number of hydrogen-bond acceptors (Lipinski definition) is 5. The lowest BCUT2D eigenvalue weighted by molar-refractivity contribution is 0.350. The molecule has 2 aromatic rings. The van der Waals surface area contributed by atoms with E-state index < -0.39 is 0 Å². The Balaban J connectivity index is 1.41. The van der Waals surface area contributed by atoms with Gasteiger partial charge >= 0.3 is 0 Å². The Morgan fingerprint density at radius 2 is 2.19 bits per heavy atom. The second kappa shape index (κ2) is 7.50. The third-order valence-corrected chi connectivity index (χ3v) is 5.52. The molecule has 6 heteroatoms. The molecular weight excluding hydrogens is 328 g/mol. The highest BCUT2D eigenvalue weighted by Crippen LogP contribution is 2.26. The van der Waals surface area contributed by atoms with E-state index in [9.17, 15) is 4.79 Å². The number of ether oxygens (including phenoxy) is 1. The summed E-state index contributed by atoms with van der Waals surface area (Å²) < 4.78 is 5.37. The zero-order chi connectivity index (χ0) is 17.9. The van der Waals surface area contributed by atoms with Gasteiger partial charge in [-0.2, -0.15) is 0 Å². The largest absolute Gasteiger partial charge is 0.497 e. The van der Waals surface area contributed by atoms with Crippen LogP contribution in [-0.4, -0.2) is 42.3 Å². The Kier molecular flexibility index (Phi) is 4.93. The quantitative estimate of drug-likeness (QED) is 0.878. The van der Waals surface area contributed by atoms with E-state index in [1.807, 2.05) is 0 Å². The van der Waals surface area contributed by atoms with Gasteiger partial charge in [-0.1, -0.05) is 6.07 Å². The number of hydrogen-bond donors (Lipinski definition) is 2. The van der Waals surface area contributed by atoms with Gasteiger partial charge in [0.25, 0.3) is 5.56 Å². The third kappa shape index (κ3) is 3.60. The lowest BCUT2D eigenvalue weighted by Gasteiger charge is -2.37. The van der Waals surface area contributed by atoms with Gasteiger partial charge in [-0.3, -0.25) is 4.79 Å². The second-order valence-electron chi connectivity index (χ2n) is 7.27. The first-order valence-corrected chi connectivity index (χ1v) is 9.43. The summed E-state index contributed by atoms with van der Waals surface area (Å²) in [7, 11) is 1.72. The molecule has 0 amide bonds. The highest BCUT2D eigenvalue weighted by molar-refractivity contribution is 5.38. The molecule has 4 rings (SSSR count). The van der Waals surface area contributed by atoms with Crippen LogP contribution in [0.1, 0.15) is 30.4 Å². The molecule has 2 aliphatic rings. The number of fused-ring (bicyclic) bond motifs is 1. The minimum atomic E-state index is -0.105. The van der Waals surface area contributed by atoms with Gasteiger partial charge in [0.2, 0.25) is 0 Å². The topological polar surface area (TPSA) is 70.2 Å². The molecule has 2 N–H and O–H groups in total. The van der Waals surface area contributed by atoms with Crippen LogP contribution in [0.3, 0.4) is 0 Å². The van der Waals surface area contributed by atoms with Crippen molar-refractivity contribution in [3.63, 3.8) is 0 Å². The van der Waals surface area contributed by atoms with Gasteiger partial charge in [0, 0.05) is 37.6 Å². The average molecular weight is 354 g/mol. The summed E-state index contributed by atoms with van der Waals surface area (Å²) in [5.74, 6) is 1.47. The maximum atomic E-state index is 12.0. The molecule has 26 heavy (non-hydrogen) atoms. The lowest BCUT2D eigenvalue weighted by Crippen LogP contribution is -2.51. The van der Waals surface area contributed by atoms with Gasteiger partial charge in [-0.15, -0.1) is 0 Å². The molecule has 0 radical (unpaired) electrons. The molecule has 0 unspecified atom stereocenters. The van der Waals surface area contributed by atoms with E-state index in [0.717, 1.165) is 50.9 Å². The molecule has 1 aliphatic heterocycles. The van der Waals surface area contributed by atoms with E-state index in [-0.39, 0.29) is 5.56 Å². The Morgan fingerprint density at radius 1 is 1.27 bits per heavy atom. The van der Waals surface area contributed by atoms with Gasteiger partial charge in [0.05, 0.1) is 7.11 Å². The predicted octanol–water partition coefficient (Wildman–Crippen LogP) is 1.89. The maximum Gasteiger partial charge on any atom is 0.290 e. The number of H-pyrrole nitrogens is 1. The van der Waals surface area contributed by atoms with E-state index in [2.05, 4.69) is 38.4 Å². The van der Waals surface area contributed by atoms with Gasteiger partial charge in [0.15, 0.2) is 5.82 Å². The molecule has 1 aromatic carbocycles. The number of aryl methyl sites for hydroxylation is 1. The highest BCUT2D eigenvalue weighted by atomic mass is 16.5. The van der Waals surface area contributed by atoms with Crippen LogP contribution < -0.4 is 20.5 Å². The van der Waals surface area contributed by atoms with Crippen LogP contribution in [0, 0.1) is 0 Å². The summed E-state index contributed by atoms with van der Waals surface area (Å²) in [6, 6.07) is 7.28. The lowest BCUT2D eigenvalue weighted by atomic mass is 9.87. The fourth-order valence-corrected chi connectivity index (χ4v) is 4.21. The first kappa shape index (κ1) is 17.1. The molecule has 1 fully saturated rings. The van der Waals surface area contributed by atoms with Crippen molar-refractivity contribution < 1.29 is 4.74 Å². The fourth-order valence-electron chi connectivity index (χ4n) is 4.21. The van der Waals surface area contributed by atoms with Crippen LogP contribution in [0.2, 0.25) is 0 Å². The summed E-state index contributed by atoms with van der Waals surface area (Å²) in [4.78, 5) is 21.1. The molecule has 0 bridgehead atoms. The molecular formula is C20H26N4O2. The van der Waals surface area contributed by atoms with E-state index in [1.165, 1.54) is 11.1 Å². The number of nitrogens with zero attached hydrogens (tertiary/aromatic N) is 2. The van der Waals surface area contributed by atoms with E-state index in [0.29, 0.717) is 17.9 Å². The Morgan fingerprint density at radius 3 is 3.04 bits per heavy atom. The second-order valence-corrected chi connectivity index (χ2v) is 7.27. The molecule has 2 heterocycles. The Bertz CT molecular complexity index is 819. The summed E-state index contributed by atoms with van der Waals surface area (Å²) in [6.45, 7) is 1.73. The van der Waals surface area contributed by atoms with Crippen molar-refractivity contribution in [1.82, 2.24) is 15.3 Å². The standard InChI is InChI=1S/C20H26N4O2/c1-26-18-7-5-14-4-6-16(11-15(14)12-18)23-17-3-2-10-24(13-17)19-20(25)22-9-8-21-19/h5,7-9,12,16-17,23H,2-4,6,10-11,13H2,1H3,(H,22,25)/t16-,17-/m1/s1. The number of aromatic amines is 1. The Hall–Kier alpha value is -2.34. The number of aromatic nitrogens is 2. The minimum absolute atomic E-state index is 0.105. The maximum absolute atomic E-state index is 12.0. The minimum Gasteiger partial charge on any atom is -0.497 e. The zero-order valence-electron chi connectivity index (χ0n) is 15.2. The van der Waals surface area contributed by atoms with Crippen LogP contribution >= 0.6 is 0 Å². The van der Waals surface area contributed by atoms with E-state index in [4.69, 9.17) is 4.74 Å². The van der Waals surface area contributed by atoms with Crippen molar-refractivity contribution >= 4 is 5.82 Å². The van der Waals surface area contributed by atoms with Crippen molar-refractivity contribution in [3.8, 4) is 5.75 Å². The summed E-state index contributed by atoms with van der Waals surface area (Å²) in [5.41, 5.74) is 2.72. The zero-order valence-corrected chi connectivity index (χ0v) is 15.2. The van der Waals surface area contributed by atoms with E-state index >= 15 is 0 Å². The van der Waals surface area contributed by atoms with Crippen molar-refractivity contribution in [3.05, 3.63) is 52.1 Å². The summed E-state index contributed by atoms with van der Waals surface area (Å²) >= 11 is 0. The molecule has 1 aromatic heterocycles. The first-order valence-electron chi connectivity index (χ1n) is 9.43. The number of nitrogens with one attached hydrogen (secondary N) is 2. The van der Waals surface area contributed by atoms with Crippen LogP contribution in [0.25, 0.3) is 0 Å². The number of piperidine rings is 1. The molecule has 1 saturated heterocycles. The van der Waals surface area contributed by atoms with Crippen LogP contribution in [0.5, 0.6) is 5.75 Å². The average Bonchev–Trinajstić information content (AvgIpc) is 2.68. The smallest absolute Gasteiger partial charge is 0.290 e. The van der Waals surface area contributed by atoms with Crippen LogP contribution in [-0.2, 0) is 12.8 Å². The van der Waals surface area contributed by atoms with Gasteiger partial charge in [-0.25, -0.2) is 4.98 Å². The van der Waals surface area contributed by atoms with Crippen molar-refractivity contribution in [2.45, 2.75) is 44.2 Å². The molecule has 6 nitrogen and oxygen atoms in total. The van der Waals surface area contributed by atoms with Crippen LogP contribution in [0.15, 0.2) is 35.4 Å². The van der Waals surface area contributed by atoms with Crippen molar-refractivity contribution in [2.24, 2.45) is 0 Å². The fraction of sp³-hybridized carbons (Fsp3) is 0.500. The Labute approximate surface area is 153 Å². The summed E-state index contributed by atoms with van der Waals surface area (Å²) in [5, 5.41) is 3.83.